The molecule has 0 spiro atoms. The van der Waals surface area contributed by atoms with Crippen molar-refractivity contribution in [1.29, 1.82) is 0 Å². The predicted octanol–water partition coefficient (Wildman–Crippen LogP) is 3.53. The molecular weight excluding hydrogens is 266 g/mol. The van der Waals surface area contributed by atoms with Crippen molar-refractivity contribution in [1.82, 2.24) is 10.3 Å². The molecule has 20 heavy (non-hydrogen) atoms. The smallest absolute Gasteiger partial charge is 0.0657 e. The minimum atomic E-state index is 0.0209. The van der Waals surface area contributed by atoms with Gasteiger partial charge >= 0.3 is 0 Å². The van der Waals surface area contributed by atoms with Gasteiger partial charge in [-0.05, 0) is 49.3 Å². The van der Waals surface area contributed by atoms with Crippen LogP contribution in [0.2, 0.25) is 0 Å². The van der Waals surface area contributed by atoms with Crippen molar-refractivity contribution in [3.63, 3.8) is 0 Å². The Morgan fingerprint density at radius 2 is 1.95 bits per heavy atom. The maximum absolute atomic E-state index is 5.97. The van der Waals surface area contributed by atoms with E-state index in [1.807, 2.05) is 0 Å². The van der Waals surface area contributed by atoms with Crippen molar-refractivity contribution in [2.45, 2.75) is 38.3 Å². The van der Waals surface area contributed by atoms with Crippen molar-refractivity contribution in [3.05, 3.63) is 35.2 Å². The van der Waals surface area contributed by atoms with Crippen molar-refractivity contribution < 1.29 is 0 Å². The highest BCUT2D eigenvalue weighted by Gasteiger charge is 2.39. The number of benzene rings is 1. The van der Waals surface area contributed by atoms with Gasteiger partial charge in [0.25, 0.3) is 0 Å². The Labute approximate surface area is 125 Å². The molecule has 2 aromatic rings. The fourth-order valence-electron chi connectivity index (χ4n) is 3.33. The van der Waals surface area contributed by atoms with Crippen LogP contribution < -0.4 is 11.3 Å². The number of fused-ring (bicyclic) bond motifs is 1. The molecule has 0 aliphatic carbocycles. The zero-order valence-electron chi connectivity index (χ0n) is 12.8. The topological polar surface area (TPSA) is 41.3 Å². The lowest BCUT2D eigenvalue weighted by Crippen LogP contribution is -2.54. The quantitative estimate of drug-likeness (QED) is 0.632. The first-order valence-corrected chi connectivity index (χ1v) is 8.08. The molecule has 0 radical (unpaired) electrons. The third kappa shape index (κ3) is 2.37. The van der Waals surface area contributed by atoms with Gasteiger partial charge in [0.05, 0.1) is 6.04 Å². The predicted molar refractivity (Wildman–Crippen MR) is 88.9 cm³/mol. The minimum Gasteiger partial charge on any atom is -0.302 e. The first-order chi connectivity index (χ1) is 9.60. The Hall–Kier alpha value is -0.940. The van der Waals surface area contributed by atoms with Crippen LogP contribution in [0.3, 0.4) is 0 Å². The van der Waals surface area contributed by atoms with E-state index in [1.165, 1.54) is 15.6 Å². The molecule has 1 heterocycles. The average molecular weight is 291 g/mol. The van der Waals surface area contributed by atoms with E-state index in [4.69, 9.17) is 5.84 Å². The second-order valence-corrected chi connectivity index (χ2v) is 6.41. The molecule has 1 aromatic carbocycles. The van der Waals surface area contributed by atoms with Gasteiger partial charge in [0.2, 0.25) is 0 Å². The molecule has 0 saturated heterocycles. The zero-order chi connectivity index (χ0) is 14.8. The number of nitrogens with zero attached hydrogens (tertiary/aromatic N) is 1. The van der Waals surface area contributed by atoms with Crippen LogP contribution in [0.4, 0.5) is 0 Å². The summed E-state index contributed by atoms with van der Waals surface area (Å²) in [5.74, 6) is 5.97. The fourth-order valence-corrected chi connectivity index (χ4v) is 4.27. The van der Waals surface area contributed by atoms with Gasteiger partial charge in [0.15, 0.2) is 0 Å². The molecule has 4 heteroatoms. The number of hydrogen-bond donors (Lipinski definition) is 2. The number of hydrogen-bond acceptors (Lipinski definition) is 4. The molecule has 1 atom stereocenters. The summed E-state index contributed by atoms with van der Waals surface area (Å²) in [5, 5.41) is 3.45. The molecule has 1 aromatic heterocycles. The van der Waals surface area contributed by atoms with Crippen molar-refractivity contribution >= 4 is 21.4 Å². The van der Waals surface area contributed by atoms with E-state index in [0.717, 1.165) is 12.8 Å². The van der Waals surface area contributed by atoms with Crippen LogP contribution in [0.15, 0.2) is 29.6 Å². The molecule has 0 aliphatic rings. The first-order valence-electron chi connectivity index (χ1n) is 7.20. The standard InChI is InChI=1S/C16H25N3S/c1-5-16(6-2,19(3)4)15(18-17)13-9-7-8-12-10-11-20-14(12)13/h7-11,15,18H,5-6,17H2,1-4H3. The minimum absolute atomic E-state index is 0.0209. The molecule has 0 saturated carbocycles. The van der Waals surface area contributed by atoms with Gasteiger partial charge in [0.1, 0.15) is 0 Å². The van der Waals surface area contributed by atoms with Crippen LogP contribution in [0, 0.1) is 0 Å². The van der Waals surface area contributed by atoms with Crippen LogP contribution in [-0.2, 0) is 0 Å². The molecule has 3 nitrogen and oxygen atoms in total. The molecule has 0 bridgehead atoms. The third-order valence-electron chi connectivity index (χ3n) is 4.64. The Bertz CT molecular complexity index is 558. The van der Waals surface area contributed by atoms with Crippen LogP contribution >= 0.6 is 11.3 Å². The van der Waals surface area contributed by atoms with Crippen LogP contribution in [0.5, 0.6) is 0 Å². The average Bonchev–Trinajstić information content (AvgIpc) is 2.93. The summed E-state index contributed by atoms with van der Waals surface area (Å²) in [7, 11) is 4.29. The van der Waals surface area contributed by atoms with E-state index in [2.05, 4.69) is 67.9 Å². The second kappa shape index (κ2) is 6.22. The number of nitrogens with two attached hydrogens (primary N) is 1. The largest absolute Gasteiger partial charge is 0.302 e. The molecule has 0 fully saturated rings. The van der Waals surface area contributed by atoms with Crippen LogP contribution in [0.25, 0.3) is 10.1 Å². The lowest BCUT2D eigenvalue weighted by atomic mass is 9.79. The highest BCUT2D eigenvalue weighted by Crippen LogP contribution is 2.39. The van der Waals surface area contributed by atoms with Crippen LogP contribution in [-0.4, -0.2) is 24.5 Å². The van der Waals surface area contributed by atoms with E-state index in [-0.39, 0.29) is 11.6 Å². The van der Waals surface area contributed by atoms with Gasteiger partial charge < -0.3 is 4.90 Å². The highest BCUT2D eigenvalue weighted by molar-refractivity contribution is 7.17. The second-order valence-electron chi connectivity index (χ2n) is 5.49. The van der Waals surface area contributed by atoms with Gasteiger partial charge in [0, 0.05) is 10.2 Å². The highest BCUT2D eigenvalue weighted by atomic mass is 32.1. The van der Waals surface area contributed by atoms with E-state index in [9.17, 15) is 0 Å². The Morgan fingerprint density at radius 1 is 1.25 bits per heavy atom. The van der Waals surface area contributed by atoms with Gasteiger partial charge in [-0.2, -0.15) is 0 Å². The lowest BCUT2D eigenvalue weighted by molar-refractivity contribution is 0.0889. The summed E-state index contributed by atoms with van der Waals surface area (Å²) in [4.78, 5) is 2.31. The third-order valence-corrected chi connectivity index (χ3v) is 5.62. The molecule has 0 aliphatic heterocycles. The lowest BCUT2D eigenvalue weighted by Gasteiger charge is -2.45. The monoisotopic (exact) mass is 291 g/mol. The molecule has 0 amide bonds. The summed E-state index contributed by atoms with van der Waals surface area (Å²) >= 11 is 1.79. The number of likely N-dealkylation sites (N-methyl/N-ethyl adjacent to an activating group) is 1. The maximum Gasteiger partial charge on any atom is 0.0657 e. The Morgan fingerprint density at radius 3 is 2.50 bits per heavy atom. The van der Waals surface area contributed by atoms with Gasteiger partial charge in [-0.15, -0.1) is 11.3 Å². The summed E-state index contributed by atoms with van der Waals surface area (Å²) in [5.41, 5.74) is 4.41. The summed E-state index contributed by atoms with van der Waals surface area (Å²) in [6.45, 7) is 4.48. The summed E-state index contributed by atoms with van der Waals surface area (Å²) in [6, 6.07) is 8.78. The Balaban J connectivity index is 2.59. The molecule has 1 unspecified atom stereocenters. The number of thiophene rings is 1. The van der Waals surface area contributed by atoms with E-state index in [0.29, 0.717) is 0 Å². The fraction of sp³-hybridized carbons (Fsp3) is 0.500. The summed E-state index contributed by atoms with van der Waals surface area (Å²) in [6.07, 6.45) is 2.10. The zero-order valence-corrected chi connectivity index (χ0v) is 13.6. The Kier molecular flexibility index (Phi) is 4.81. The molecule has 2 rings (SSSR count). The first kappa shape index (κ1) is 15.4. The van der Waals surface area contributed by atoms with E-state index in [1.54, 1.807) is 11.3 Å². The van der Waals surface area contributed by atoms with Crippen molar-refractivity contribution in [3.8, 4) is 0 Å². The SMILES string of the molecule is CCC(CC)(C(NN)c1cccc2ccsc12)N(C)C. The van der Waals surface area contributed by atoms with Gasteiger partial charge in [-0.25, -0.2) is 0 Å². The molecular formula is C16H25N3S. The van der Waals surface area contributed by atoms with Crippen molar-refractivity contribution in [2.24, 2.45) is 5.84 Å². The van der Waals surface area contributed by atoms with E-state index < -0.39 is 0 Å². The number of rotatable bonds is 6. The maximum atomic E-state index is 5.97. The van der Waals surface area contributed by atoms with E-state index >= 15 is 0 Å². The van der Waals surface area contributed by atoms with Gasteiger partial charge in [-0.1, -0.05) is 32.0 Å². The van der Waals surface area contributed by atoms with Crippen LogP contribution in [0.1, 0.15) is 38.3 Å². The molecule has 110 valence electrons. The number of hydrazine groups is 1. The molecule has 3 N–H and O–H groups in total. The normalized spacial score (nSPS) is 14.1. The van der Waals surface area contributed by atoms with Gasteiger partial charge in [-0.3, -0.25) is 11.3 Å². The summed E-state index contributed by atoms with van der Waals surface area (Å²) < 4.78 is 1.34. The van der Waals surface area contributed by atoms with Crippen molar-refractivity contribution in [2.75, 3.05) is 14.1 Å². The number of nitrogens with one attached hydrogen (secondary N) is 1.